The summed E-state index contributed by atoms with van der Waals surface area (Å²) < 4.78 is 5.62. The van der Waals surface area contributed by atoms with Crippen LogP contribution in [0.5, 0.6) is 0 Å². The summed E-state index contributed by atoms with van der Waals surface area (Å²) >= 11 is 0. The van der Waals surface area contributed by atoms with Gasteiger partial charge in [-0.15, -0.1) is 0 Å². The molecule has 2 aromatic carbocycles. The molecule has 2 unspecified atom stereocenters. The van der Waals surface area contributed by atoms with E-state index in [0.29, 0.717) is 12.3 Å². The predicted octanol–water partition coefficient (Wildman–Crippen LogP) is 3.41. The summed E-state index contributed by atoms with van der Waals surface area (Å²) in [5.41, 5.74) is 2.82. The number of ether oxygens (including phenoxy) is 1. The Bertz CT molecular complexity index is 748. The highest BCUT2D eigenvalue weighted by atomic mass is 16.5. The Morgan fingerprint density at radius 1 is 0.917 bits per heavy atom. The fourth-order valence-corrected chi connectivity index (χ4v) is 3.57. The maximum absolute atomic E-state index is 12.7. The van der Waals surface area contributed by atoms with Crippen LogP contribution in [0.1, 0.15) is 19.3 Å². The van der Waals surface area contributed by atoms with Crippen molar-refractivity contribution in [3.8, 4) is 11.1 Å². The quantitative estimate of drug-likeness (QED) is 0.814. The lowest BCUT2D eigenvalue weighted by Crippen LogP contribution is -2.33. The van der Waals surface area contributed by atoms with Gasteiger partial charge in [0.1, 0.15) is 0 Å². The van der Waals surface area contributed by atoms with E-state index in [0.717, 1.165) is 24.0 Å². The molecule has 4 rings (SSSR count). The van der Waals surface area contributed by atoms with Crippen LogP contribution in [-0.2, 0) is 14.3 Å². The predicted molar refractivity (Wildman–Crippen MR) is 91.5 cm³/mol. The third-order valence-corrected chi connectivity index (χ3v) is 4.83. The van der Waals surface area contributed by atoms with Crippen molar-refractivity contribution in [2.24, 2.45) is 5.92 Å². The van der Waals surface area contributed by atoms with E-state index in [9.17, 15) is 9.59 Å². The van der Waals surface area contributed by atoms with Gasteiger partial charge in [0.05, 0.1) is 17.7 Å². The molecule has 2 aliphatic heterocycles. The third kappa shape index (κ3) is 2.63. The first-order chi connectivity index (χ1) is 11.7. The molecule has 0 N–H and O–H groups in total. The van der Waals surface area contributed by atoms with Crippen molar-refractivity contribution >= 4 is 17.5 Å². The maximum Gasteiger partial charge on any atom is 0.240 e. The van der Waals surface area contributed by atoms with Crippen molar-refractivity contribution in [3.63, 3.8) is 0 Å². The van der Waals surface area contributed by atoms with Crippen LogP contribution < -0.4 is 4.90 Å². The van der Waals surface area contributed by atoms with Gasteiger partial charge < -0.3 is 4.74 Å². The molecule has 4 heteroatoms. The first kappa shape index (κ1) is 15.1. The summed E-state index contributed by atoms with van der Waals surface area (Å²) in [5, 5.41) is 0. The monoisotopic (exact) mass is 321 g/mol. The van der Waals surface area contributed by atoms with Crippen molar-refractivity contribution in [2.45, 2.75) is 25.4 Å². The SMILES string of the molecule is O=C1CC(C2CCCO2)C(=O)N1c1ccc(-c2ccccc2)cc1. The molecule has 0 saturated carbocycles. The van der Waals surface area contributed by atoms with Crippen LogP contribution in [0.4, 0.5) is 5.69 Å². The van der Waals surface area contributed by atoms with Gasteiger partial charge in [0.25, 0.3) is 0 Å². The first-order valence-corrected chi connectivity index (χ1v) is 8.38. The summed E-state index contributed by atoms with van der Waals surface area (Å²) in [6, 6.07) is 17.6. The molecular formula is C20H19NO3. The molecule has 0 radical (unpaired) electrons. The Hall–Kier alpha value is -2.46. The molecular weight excluding hydrogens is 302 g/mol. The summed E-state index contributed by atoms with van der Waals surface area (Å²) in [6.45, 7) is 0.689. The standard InChI is InChI=1S/C20H19NO3/c22-19-13-17(18-7-4-12-24-18)20(23)21(19)16-10-8-15(9-11-16)14-5-2-1-3-6-14/h1-3,5-6,8-11,17-18H,4,7,12-13H2. The number of hydrogen-bond donors (Lipinski definition) is 0. The lowest BCUT2D eigenvalue weighted by molar-refractivity contribution is -0.124. The van der Waals surface area contributed by atoms with Crippen molar-refractivity contribution in [3.05, 3.63) is 54.6 Å². The molecule has 2 amide bonds. The zero-order valence-corrected chi connectivity index (χ0v) is 13.4. The van der Waals surface area contributed by atoms with Gasteiger partial charge in [-0.05, 0) is 36.1 Å². The Balaban J connectivity index is 1.57. The van der Waals surface area contributed by atoms with E-state index in [1.165, 1.54) is 4.90 Å². The molecule has 0 spiro atoms. The van der Waals surface area contributed by atoms with E-state index in [1.807, 2.05) is 54.6 Å². The highest BCUT2D eigenvalue weighted by Gasteiger charge is 2.44. The summed E-state index contributed by atoms with van der Waals surface area (Å²) in [4.78, 5) is 26.4. The molecule has 4 nitrogen and oxygen atoms in total. The summed E-state index contributed by atoms with van der Waals surface area (Å²) in [6.07, 6.45) is 1.98. The van der Waals surface area contributed by atoms with Gasteiger partial charge in [-0.1, -0.05) is 42.5 Å². The molecule has 24 heavy (non-hydrogen) atoms. The molecule has 2 aromatic rings. The van der Waals surface area contributed by atoms with Gasteiger partial charge in [0.2, 0.25) is 11.8 Å². The van der Waals surface area contributed by atoms with Crippen molar-refractivity contribution in [2.75, 3.05) is 11.5 Å². The van der Waals surface area contributed by atoms with Crippen LogP contribution in [0.3, 0.4) is 0 Å². The van der Waals surface area contributed by atoms with Gasteiger partial charge in [0.15, 0.2) is 0 Å². The van der Waals surface area contributed by atoms with E-state index in [1.54, 1.807) is 0 Å². The van der Waals surface area contributed by atoms with Gasteiger partial charge in [0, 0.05) is 13.0 Å². The molecule has 2 aliphatic rings. The highest BCUT2D eigenvalue weighted by molar-refractivity contribution is 6.21. The maximum atomic E-state index is 12.7. The van der Waals surface area contributed by atoms with Crippen LogP contribution in [0.25, 0.3) is 11.1 Å². The lowest BCUT2D eigenvalue weighted by atomic mass is 9.98. The van der Waals surface area contributed by atoms with Crippen LogP contribution in [0, 0.1) is 5.92 Å². The molecule has 122 valence electrons. The second kappa shape index (κ2) is 6.21. The summed E-state index contributed by atoms with van der Waals surface area (Å²) in [5.74, 6) is -0.582. The smallest absolute Gasteiger partial charge is 0.240 e. The molecule has 2 heterocycles. The molecule has 2 fully saturated rings. The number of carbonyl (C=O) groups excluding carboxylic acids is 2. The van der Waals surface area contributed by atoms with E-state index in [4.69, 9.17) is 4.74 Å². The molecule has 2 saturated heterocycles. The average Bonchev–Trinajstić information content (AvgIpc) is 3.24. The van der Waals surface area contributed by atoms with Gasteiger partial charge >= 0.3 is 0 Å². The zero-order valence-electron chi connectivity index (χ0n) is 13.4. The largest absolute Gasteiger partial charge is 0.377 e. The second-order valence-electron chi connectivity index (χ2n) is 6.34. The van der Waals surface area contributed by atoms with E-state index in [2.05, 4.69) is 0 Å². The second-order valence-corrected chi connectivity index (χ2v) is 6.34. The van der Waals surface area contributed by atoms with Gasteiger partial charge in [-0.2, -0.15) is 0 Å². The fourth-order valence-electron chi connectivity index (χ4n) is 3.57. The van der Waals surface area contributed by atoms with E-state index in [-0.39, 0.29) is 30.3 Å². The normalized spacial score (nSPS) is 23.9. The number of imide groups is 1. The number of carbonyl (C=O) groups is 2. The van der Waals surface area contributed by atoms with Crippen molar-refractivity contribution in [1.82, 2.24) is 0 Å². The molecule has 0 aromatic heterocycles. The van der Waals surface area contributed by atoms with Crippen LogP contribution >= 0.6 is 0 Å². The fraction of sp³-hybridized carbons (Fsp3) is 0.300. The minimum absolute atomic E-state index is 0.102. The lowest BCUT2D eigenvalue weighted by Gasteiger charge is -2.18. The number of anilines is 1. The number of amides is 2. The Kier molecular flexibility index (Phi) is 3.90. The van der Waals surface area contributed by atoms with Crippen molar-refractivity contribution in [1.29, 1.82) is 0 Å². The van der Waals surface area contributed by atoms with Crippen molar-refractivity contribution < 1.29 is 14.3 Å². The molecule has 2 atom stereocenters. The Morgan fingerprint density at radius 3 is 2.29 bits per heavy atom. The van der Waals surface area contributed by atoms with Gasteiger partial charge in [-0.3, -0.25) is 14.5 Å². The number of nitrogens with zero attached hydrogens (tertiary/aromatic N) is 1. The number of hydrogen-bond acceptors (Lipinski definition) is 3. The Morgan fingerprint density at radius 2 is 1.62 bits per heavy atom. The molecule has 0 bridgehead atoms. The highest BCUT2D eigenvalue weighted by Crippen LogP contribution is 2.33. The van der Waals surface area contributed by atoms with Gasteiger partial charge in [-0.25, -0.2) is 0 Å². The summed E-state index contributed by atoms with van der Waals surface area (Å²) in [7, 11) is 0. The topological polar surface area (TPSA) is 46.6 Å². The first-order valence-electron chi connectivity index (χ1n) is 8.38. The zero-order chi connectivity index (χ0) is 16.5. The third-order valence-electron chi connectivity index (χ3n) is 4.83. The number of benzene rings is 2. The van der Waals surface area contributed by atoms with Crippen LogP contribution in [-0.4, -0.2) is 24.5 Å². The average molecular weight is 321 g/mol. The van der Waals surface area contributed by atoms with Crippen LogP contribution in [0.2, 0.25) is 0 Å². The number of rotatable bonds is 3. The van der Waals surface area contributed by atoms with Crippen LogP contribution in [0.15, 0.2) is 54.6 Å². The van der Waals surface area contributed by atoms with E-state index >= 15 is 0 Å². The Labute approximate surface area is 141 Å². The minimum Gasteiger partial charge on any atom is -0.377 e. The molecule has 0 aliphatic carbocycles. The van der Waals surface area contributed by atoms with E-state index < -0.39 is 0 Å². The minimum atomic E-state index is -0.325.